The molecule has 0 saturated carbocycles. The van der Waals surface area contributed by atoms with Gasteiger partial charge in [-0.15, -0.1) is 0 Å². The second kappa shape index (κ2) is 8.40. The Hall–Kier alpha value is -2.90. The van der Waals surface area contributed by atoms with Crippen LogP contribution in [0.3, 0.4) is 0 Å². The van der Waals surface area contributed by atoms with Crippen LogP contribution in [0.25, 0.3) is 0 Å². The fraction of sp³-hybridized carbons (Fsp3) is 0.143. The molecule has 0 aromatic carbocycles. The molecule has 0 saturated heterocycles. The maximum atomic E-state index is 12.8. The van der Waals surface area contributed by atoms with Gasteiger partial charge in [0.1, 0.15) is 0 Å². The average molecular weight is 310 g/mol. The van der Waals surface area contributed by atoms with Crippen molar-refractivity contribution in [2.75, 3.05) is 6.61 Å². The van der Waals surface area contributed by atoms with Gasteiger partial charge in [-0.3, -0.25) is 0 Å². The summed E-state index contributed by atoms with van der Waals surface area (Å²) in [7, 11) is 0. The standard InChI is InChI=1S/C8H8FNO2.C6H4FNO2/c1-2-12-8(11)7-6(9)4-3-5-10-7;7-4-2-1-3-8-5(4)6(9)10/h3-5H,2H2,1H3;1-3H,(H,9,10). The molecule has 0 aliphatic carbocycles. The summed E-state index contributed by atoms with van der Waals surface area (Å²) in [6.45, 7) is 1.87. The Morgan fingerprint density at radius 2 is 1.59 bits per heavy atom. The van der Waals surface area contributed by atoms with Crippen molar-refractivity contribution in [1.29, 1.82) is 0 Å². The van der Waals surface area contributed by atoms with Gasteiger partial charge in [-0.25, -0.2) is 28.3 Å². The molecular weight excluding hydrogens is 298 g/mol. The van der Waals surface area contributed by atoms with Crippen LogP contribution in [0.15, 0.2) is 36.7 Å². The second-order valence-electron chi connectivity index (χ2n) is 3.69. The molecule has 0 aliphatic rings. The van der Waals surface area contributed by atoms with E-state index in [0.717, 1.165) is 6.07 Å². The largest absolute Gasteiger partial charge is 0.476 e. The Labute approximate surface area is 124 Å². The second-order valence-corrected chi connectivity index (χ2v) is 3.69. The molecule has 2 rings (SSSR count). The molecule has 0 aliphatic heterocycles. The van der Waals surface area contributed by atoms with Gasteiger partial charge in [-0.05, 0) is 31.2 Å². The quantitative estimate of drug-likeness (QED) is 0.875. The summed E-state index contributed by atoms with van der Waals surface area (Å²) in [5.74, 6) is -3.54. The lowest BCUT2D eigenvalue weighted by Gasteiger charge is -2.00. The van der Waals surface area contributed by atoms with Gasteiger partial charge in [0.05, 0.1) is 6.61 Å². The van der Waals surface area contributed by atoms with E-state index in [-0.39, 0.29) is 12.3 Å². The maximum Gasteiger partial charge on any atom is 0.359 e. The zero-order chi connectivity index (χ0) is 16.5. The molecule has 8 heteroatoms. The van der Waals surface area contributed by atoms with Crippen molar-refractivity contribution in [3.8, 4) is 0 Å². The molecule has 2 aromatic rings. The van der Waals surface area contributed by atoms with E-state index in [0.29, 0.717) is 0 Å². The third kappa shape index (κ3) is 4.89. The van der Waals surface area contributed by atoms with E-state index in [2.05, 4.69) is 14.7 Å². The number of hydrogen-bond acceptors (Lipinski definition) is 5. The van der Waals surface area contributed by atoms with Crippen molar-refractivity contribution in [3.05, 3.63) is 59.7 Å². The van der Waals surface area contributed by atoms with E-state index >= 15 is 0 Å². The number of ether oxygens (including phenoxy) is 1. The first-order valence-corrected chi connectivity index (χ1v) is 6.08. The normalized spacial score (nSPS) is 9.41. The van der Waals surface area contributed by atoms with Gasteiger partial charge in [-0.1, -0.05) is 0 Å². The van der Waals surface area contributed by atoms with Gasteiger partial charge < -0.3 is 9.84 Å². The number of hydrogen-bond donors (Lipinski definition) is 1. The molecule has 0 unspecified atom stereocenters. The van der Waals surface area contributed by atoms with Gasteiger partial charge in [-0.2, -0.15) is 0 Å². The Kier molecular flexibility index (Phi) is 6.55. The summed E-state index contributed by atoms with van der Waals surface area (Å²) in [4.78, 5) is 27.9. The Balaban J connectivity index is 0.000000224. The van der Waals surface area contributed by atoms with Gasteiger partial charge in [0, 0.05) is 12.4 Å². The molecule has 22 heavy (non-hydrogen) atoms. The van der Waals surface area contributed by atoms with Gasteiger partial charge in [0.15, 0.2) is 23.0 Å². The highest BCUT2D eigenvalue weighted by atomic mass is 19.1. The first-order valence-electron chi connectivity index (χ1n) is 6.08. The maximum absolute atomic E-state index is 12.8. The topological polar surface area (TPSA) is 89.4 Å². The predicted octanol–water partition coefficient (Wildman–Crippen LogP) is 2.32. The molecule has 0 bridgehead atoms. The number of carboxylic acid groups (broad SMARTS) is 1. The van der Waals surface area contributed by atoms with E-state index < -0.39 is 29.3 Å². The summed E-state index contributed by atoms with van der Waals surface area (Å²) in [6.07, 6.45) is 2.57. The summed E-state index contributed by atoms with van der Waals surface area (Å²) >= 11 is 0. The fourth-order valence-corrected chi connectivity index (χ4v) is 1.28. The molecule has 2 aromatic heterocycles. The lowest BCUT2D eigenvalue weighted by atomic mass is 10.3. The number of carboxylic acids is 1. The number of pyridine rings is 2. The van der Waals surface area contributed by atoms with Crippen molar-refractivity contribution in [2.45, 2.75) is 6.92 Å². The van der Waals surface area contributed by atoms with Crippen molar-refractivity contribution >= 4 is 11.9 Å². The number of rotatable bonds is 3. The van der Waals surface area contributed by atoms with Crippen LogP contribution >= 0.6 is 0 Å². The first kappa shape index (κ1) is 17.2. The molecule has 6 nitrogen and oxygen atoms in total. The minimum atomic E-state index is -1.35. The van der Waals surface area contributed by atoms with Crippen LogP contribution in [0.2, 0.25) is 0 Å². The smallest absolute Gasteiger partial charge is 0.359 e. The molecule has 0 radical (unpaired) electrons. The molecule has 1 N–H and O–H groups in total. The number of aromatic carboxylic acids is 1. The Morgan fingerprint density at radius 3 is 1.95 bits per heavy atom. The highest BCUT2D eigenvalue weighted by Gasteiger charge is 2.12. The van der Waals surface area contributed by atoms with E-state index in [1.165, 1.54) is 30.6 Å². The minimum absolute atomic E-state index is 0.217. The van der Waals surface area contributed by atoms with Crippen LogP contribution in [-0.4, -0.2) is 33.6 Å². The van der Waals surface area contributed by atoms with E-state index in [1.54, 1.807) is 6.92 Å². The molecule has 0 atom stereocenters. The number of nitrogens with zero attached hydrogens (tertiary/aromatic N) is 2. The molecule has 2 heterocycles. The van der Waals surface area contributed by atoms with Crippen LogP contribution in [-0.2, 0) is 4.74 Å². The third-order valence-corrected chi connectivity index (χ3v) is 2.19. The summed E-state index contributed by atoms with van der Waals surface area (Å²) in [5.41, 5.74) is -0.804. The minimum Gasteiger partial charge on any atom is -0.476 e. The number of esters is 1. The van der Waals surface area contributed by atoms with Gasteiger partial charge >= 0.3 is 11.9 Å². The van der Waals surface area contributed by atoms with E-state index in [9.17, 15) is 18.4 Å². The molecular formula is C14H12F2N2O4. The monoisotopic (exact) mass is 310 g/mol. The lowest BCUT2D eigenvalue weighted by Crippen LogP contribution is -2.09. The highest BCUT2D eigenvalue weighted by molar-refractivity contribution is 5.87. The average Bonchev–Trinajstić information content (AvgIpc) is 2.48. The van der Waals surface area contributed by atoms with Crippen molar-refractivity contribution < 1.29 is 28.2 Å². The zero-order valence-corrected chi connectivity index (χ0v) is 11.5. The van der Waals surface area contributed by atoms with E-state index in [1.807, 2.05) is 0 Å². The van der Waals surface area contributed by atoms with Crippen molar-refractivity contribution in [2.24, 2.45) is 0 Å². The number of halogens is 2. The fourth-order valence-electron chi connectivity index (χ4n) is 1.28. The molecule has 0 amide bonds. The number of carbonyl (C=O) groups excluding carboxylic acids is 1. The Morgan fingerprint density at radius 1 is 1.09 bits per heavy atom. The van der Waals surface area contributed by atoms with Gasteiger partial charge in [0.2, 0.25) is 0 Å². The van der Waals surface area contributed by atoms with E-state index in [4.69, 9.17) is 5.11 Å². The third-order valence-electron chi connectivity index (χ3n) is 2.19. The summed E-state index contributed by atoms with van der Waals surface area (Å²) in [6, 6.07) is 4.97. The Bertz CT molecular complexity index is 665. The SMILES string of the molecule is CCOC(=O)c1ncccc1F.O=C(O)c1ncccc1F. The van der Waals surface area contributed by atoms with Crippen LogP contribution in [0.5, 0.6) is 0 Å². The molecule has 0 spiro atoms. The summed E-state index contributed by atoms with van der Waals surface area (Å²) < 4.78 is 29.8. The molecule has 116 valence electrons. The predicted molar refractivity (Wildman–Crippen MR) is 71.3 cm³/mol. The first-order chi connectivity index (χ1) is 10.5. The molecule has 0 fully saturated rings. The number of aromatic nitrogens is 2. The van der Waals surface area contributed by atoms with Crippen molar-refractivity contribution in [1.82, 2.24) is 9.97 Å². The van der Waals surface area contributed by atoms with Gasteiger partial charge in [0.25, 0.3) is 0 Å². The highest BCUT2D eigenvalue weighted by Crippen LogP contribution is 2.03. The van der Waals surface area contributed by atoms with Crippen LogP contribution in [0.1, 0.15) is 27.9 Å². The van der Waals surface area contributed by atoms with Crippen LogP contribution in [0, 0.1) is 11.6 Å². The lowest BCUT2D eigenvalue weighted by molar-refractivity contribution is 0.0513. The summed E-state index contributed by atoms with van der Waals surface area (Å²) in [5, 5.41) is 8.26. The van der Waals surface area contributed by atoms with Crippen molar-refractivity contribution in [3.63, 3.8) is 0 Å². The van der Waals surface area contributed by atoms with Crippen LogP contribution in [0.4, 0.5) is 8.78 Å². The zero-order valence-electron chi connectivity index (χ0n) is 11.5. The number of carbonyl (C=O) groups is 2. The van der Waals surface area contributed by atoms with Crippen LogP contribution < -0.4 is 0 Å².